The number of nitrogens with zero attached hydrogens (tertiary/aromatic N) is 3. The molecule has 1 N–H and O–H groups in total. The number of nitrogens with one attached hydrogen (secondary N) is 1. The topological polar surface area (TPSA) is 48.5 Å². The Labute approximate surface area is 181 Å². The van der Waals surface area contributed by atoms with Crippen molar-refractivity contribution in [1.82, 2.24) is 9.88 Å². The van der Waals surface area contributed by atoms with Crippen LogP contribution in [0.5, 0.6) is 0 Å². The molecule has 2 aromatic carbocycles. The maximum absolute atomic E-state index is 13.1. The minimum Gasteiger partial charge on any atom is -0.354 e. The summed E-state index contributed by atoms with van der Waals surface area (Å²) in [6.45, 7) is 4.41. The SMILES string of the molecule is O=C(/C=C/c1ccccc1)Nc1ccc(N2CCN(Cc3ccc(F)cc3)CC2)nc1. The van der Waals surface area contributed by atoms with Crippen molar-refractivity contribution in [2.75, 3.05) is 36.4 Å². The zero-order chi connectivity index (χ0) is 21.5. The second-order valence-corrected chi connectivity index (χ2v) is 7.53. The van der Waals surface area contributed by atoms with Gasteiger partial charge in [0.1, 0.15) is 11.6 Å². The molecule has 0 unspecified atom stereocenters. The summed E-state index contributed by atoms with van der Waals surface area (Å²) < 4.78 is 13.1. The summed E-state index contributed by atoms with van der Waals surface area (Å²) in [6, 6.07) is 20.2. The van der Waals surface area contributed by atoms with Crippen molar-refractivity contribution in [3.05, 3.63) is 95.9 Å². The van der Waals surface area contributed by atoms with Gasteiger partial charge >= 0.3 is 0 Å². The number of aromatic nitrogens is 1. The molecule has 3 aromatic rings. The fraction of sp³-hybridized carbons (Fsp3) is 0.200. The van der Waals surface area contributed by atoms with E-state index in [1.165, 1.54) is 18.2 Å². The second kappa shape index (κ2) is 10.00. The minimum atomic E-state index is -0.202. The van der Waals surface area contributed by atoms with Gasteiger partial charge in [0.25, 0.3) is 0 Å². The lowest BCUT2D eigenvalue weighted by Crippen LogP contribution is -2.46. The van der Waals surface area contributed by atoms with E-state index in [9.17, 15) is 9.18 Å². The number of hydrogen-bond donors (Lipinski definition) is 1. The van der Waals surface area contributed by atoms with Gasteiger partial charge in [-0.05, 0) is 41.5 Å². The number of carbonyl (C=O) groups excluding carboxylic acids is 1. The maximum atomic E-state index is 13.1. The Bertz CT molecular complexity index is 1010. The predicted octanol–water partition coefficient (Wildman–Crippen LogP) is 4.19. The van der Waals surface area contributed by atoms with Crippen molar-refractivity contribution in [3.8, 4) is 0 Å². The highest BCUT2D eigenvalue weighted by atomic mass is 19.1. The highest BCUT2D eigenvalue weighted by Gasteiger charge is 2.18. The van der Waals surface area contributed by atoms with E-state index in [4.69, 9.17) is 0 Å². The fourth-order valence-electron chi connectivity index (χ4n) is 3.55. The lowest BCUT2D eigenvalue weighted by atomic mass is 10.2. The first kappa shape index (κ1) is 20.8. The lowest BCUT2D eigenvalue weighted by molar-refractivity contribution is -0.111. The minimum absolute atomic E-state index is 0.187. The van der Waals surface area contributed by atoms with Crippen LogP contribution in [0.1, 0.15) is 11.1 Å². The molecule has 1 aromatic heterocycles. The molecular formula is C25H25FN4O. The molecule has 0 bridgehead atoms. The van der Waals surface area contributed by atoms with Crippen molar-refractivity contribution in [2.24, 2.45) is 0 Å². The monoisotopic (exact) mass is 416 g/mol. The molecule has 5 nitrogen and oxygen atoms in total. The van der Waals surface area contributed by atoms with Crippen LogP contribution < -0.4 is 10.2 Å². The Morgan fingerprint density at radius 1 is 0.968 bits per heavy atom. The Hall–Kier alpha value is -3.51. The molecule has 0 atom stereocenters. The number of benzene rings is 2. The third-order valence-electron chi connectivity index (χ3n) is 5.26. The van der Waals surface area contributed by atoms with Gasteiger partial charge in [0.2, 0.25) is 5.91 Å². The molecule has 1 saturated heterocycles. The Balaban J connectivity index is 1.26. The van der Waals surface area contributed by atoms with Crippen molar-refractivity contribution in [1.29, 1.82) is 0 Å². The van der Waals surface area contributed by atoms with Crippen LogP contribution in [0.25, 0.3) is 6.08 Å². The van der Waals surface area contributed by atoms with Crippen LogP contribution in [-0.4, -0.2) is 42.0 Å². The number of pyridine rings is 1. The van der Waals surface area contributed by atoms with Crippen LogP contribution in [0.3, 0.4) is 0 Å². The smallest absolute Gasteiger partial charge is 0.248 e. The van der Waals surface area contributed by atoms with E-state index in [0.29, 0.717) is 5.69 Å². The van der Waals surface area contributed by atoms with Crippen LogP contribution in [0.15, 0.2) is 79.0 Å². The number of amides is 1. The van der Waals surface area contributed by atoms with Crippen LogP contribution in [0.4, 0.5) is 15.9 Å². The molecule has 6 heteroatoms. The third kappa shape index (κ3) is 5.99. The van der Waals surface area contributed by atoms with Crippen LogP contribution in [0, 0.1) is 5.82 Å². The molecule has 1 amide bonds. The third-order valence-corrected chi connectivity index (χ3v) is 5.26. The van der Waals surface area contributed by atoms with E-state index >= 15 is 0 Å². The number of halogens is 1. The number of hydrogen-bond acceptors (Lipinski definition) is 4. The summed E-state index contributed by atoms with van der Waals surface area (Å²) in [7, 11) is 0. The molecule has 0 aliphatic carbocycles. The molecule has 1 aliphatic heterocycles. The molecule has 2 heterocycles. The Kier molecular flexibility index (Phi) is 6.69. The summed E-state index contributed by atoms with van der Waals surface area (Å²) in [5.74, 6) is 0.513. The van der Waals surface area contributed by atoms with Gasteiger partial charge in [-0.1, -0.05) is 42.5 Å². The van der Waals surface area contributed by atoms with Gasteiger partial charge in [-0.25, -0.2) is 9.37 Å². The molecular weight excluding hydrogens is 391 g/mol. The van der Waals surface area contributed by atoms with Gasteiger partial charge < -0.3 is 10.2 Å². The molecule has 0 spiro atoms. The molecule has 0 saturated carbocycles. The Morgan fingerprint density at radius 2 is 1.71 bits per heavy atom. The van der Waals surface area contributed by atoms with Gasteiger partial charge in [-0.3, -0.25) is 9.69 Å². The van der Waals surface area contributed by atoms with E-state index < -0.39 is 0 Å². The first-order valence-electron chi connectivity index (χ1n) is 10.4. The Morgan fingerprint density at radius 3 is 2.39 bits per heavy atom. The standard InChI is InChI=1S/C25H25FN4O/c26-22-9-6-21(7-10-22)19-29-14-16-30(17-15-29)24-12-11-23(18-27-24)28-25(31)13-8-20-4-2-1-3-5-20/h1-13,18H,14-17,19H2,(H,28,31)/b13-8+. The van der Waals surface area contributed by atoms with Gasteiger partial charge in [0, 0.05) is 38.8 Å². The van der Waals surface area contributed by atoms with E-state index in [1.54, 1.807) is 12.3 Å². The zero-order valence-electron chi connectivity index (χ0n) is 17.2. The highest BCUT2D eigenvalue weighted by molar-refractivity contribution is 6.01. The first-order chi connectivity index (χ1) is 15.2. The average molecular weight is 417 g/mol. The number of carbonyl (C=O) groups is 1. The average Bonchev–Trinajstić information content (AvgIpc) is 2.81. The highest BCUT2D eigenvalue weighted by Crippen LogP contribution is 2.17. The zero-order valence-corrected chi connectivity index (χ0v) is 17.2. The summed E-state index contributed by atoms with van der Waals surface area (Å²) >= 11 is 0. The summed E-state index contributed by atoms with van der Waals surface area (Å²) in [4.78, 5) is 21.2. The van der Waals surface area contributed by atoms with Gasteiger partial charge in [0.05, 0.1) is 11.9 Å². The first-order valence-corrected chi connectivity index (χ1v) is 10.4. The van der Waals surface area contributed by atoms with E-state index in [1.807, 2.05) is 54.6 Å². The van der Waals surface area contributed by atoms with Crippen molar-refractivity contribution in [2.45, 2.75) is 6.54 Å². The quantitative estimate of drug-likeness (QED) is 0.612. The molecule has 31 heavy (non-hydrogen) atoms. The number of piperazine rings is 1. The molecule has 4 rings (SSSR count). The van der Waals surface area contributed by atoms with Crippen LogP contribution in [0.2, 0.25) is 0 Å². The largest absolute Gasteiger partial charge is 0.354 e. The van der Waals surface area contributed by atoms with Gasteiger partial charge in [-0.2, -0.15) is 0 Å². The van der Waals surface area contributed by atoms with Crippen LogP contribution >= 0.6 is 0 Å². The van der Waals surface area contributed by atoms with Gasteiger partial charge in [-0.15, -0.1) is 0 Å². The predicted molar refractivity (Wildman–Crippen MR) is 122 cm³/mol. The lowest BCUT2D eigenvalue weighted by Gasteiger charge is -2.35. The van der Waals surface area contributed by atoms with Crippen molar-refractivity contribution < 1.29 is 9.18 Å². The second-order valence-electron chi connectivity index (χ2n) is 7.53. The van der Waals surface area contributed by atoms with Crippen molar-refractivity contribution in [3.63, 3.8) is 0 Å². The summed E-state index contributed by atoms with van der Waals surface area (Å²) in [5, 5.41) is 2.84. The van der Waals surface area contributed by atoms with Crippen molar-refractivity contribution >= 4 is 23.5 Å². The molecule has 158 valence electrons. The van der Waals surface area contributed by atoms with Crippen LogP contribution in [-0.2, 0) is 11.3 Å². The molecule has 0 radical (unpaired) electrons. The molecule has 1 aliphatic rings. The van der Waals surface area contributed by atoms with E-state index in [2.05, 4.69) is 20.1 Å². The number of rotatable bonds is 6. The number of anilines is 2. The summed E-state index contributed by atoms with van der Waals surface area (Å²) in [5.41, 5.74) is 2.76. The van der Waals surface area contributed by atoms with E-state index in [-0.39, 0.29) is 11.7 Å². The molecule has 1 fully saturated rings. The van der Waals surface area contributed by atoms with E-state index in [0.717, 1.165) is 49.7 Å². The fourth-order valence-corrected chi connectivity index (χ4v) is 3.55. The van der Waals surface area contributed by atoms with Gasteiger partial charge in [0.15, 0.2) is 0 Å². The maximum Gasteiger partial charge on any atom is 0.248 e. The normalized spacial score (nSPS) is 14.7. The summed E-state index contributed by atoms with van der Waals surface area (Å²) in [6.07, 6.45) is 4.99.